The summed E-state index contributed by atoms with van der Waals surface area (Å²) in [5, 5.41) is 0.575. The van der Waals surface area contributed by atoms with Crippen molar-refractivity contribution in [2.24, 2.45) is 0 Å². The molecule has 1 atom stereocenters. The van der Waals surface area contributed by atoms with Crippen molar-refractivity contribution >= 4 is 55.9 Å². The normalized spacial score (nSPS) is 15.0. The van der Waals surface area contributed by atoms with Gasteiger partial charge in [0, 0.05) is 30.1 Å². The molecule has 0 amide bonds. The summed E-state index contributed by atoms with van der Waals surface area (Å²) in [6.45, 7) is 3.23. The molecular weight excluding hydrogens is 652 g/mol. The zero-order valence-electron chi connectivity index (χ0n) is 25.3. The van der Waals surface area contributed by atoms with Crippen LogP contribution in [-0.4, -0.2) is 40.6 Å². The average molecular weight is 688 g/mol. The van der Waals surface area contributed by atoms with Gasteiger partial charge in [-0.15, -0.1) is 0 Å². The van der Waals surface area contributed by atoms with Crippen molar-refractivity contribution in [2.75, 3.05) is 23.8 Å². The number of ether oxygens (including phenoxy) is 1. The van der Waals surface area contributed by atoms with Gasteiger partial charge >= 0.3 is 17.3 Å². The predicted molar refractivity (Wildman–Crippen MR) is 179 cm³/mol. The lowest BCUT2D eigenvalue weighted by Crippen LogP contribution is -2.35. The molecule has 3 aromatic carbocycles. The topological polar surface area (TPSA) is 130 Å². The number of fused-ring (bicyclic) bond motifs is 2. The van der Waals surface area contributed by atoms with E-state index >= 15 is 0 Å². The molecule has 2 heterocycles. The van der Waals surface area contributed by atoms with Gasteiger partial charge in [-0.05, 0) is 66.6 Å². The Bertz CT molecular complexity index is 1870. The number of hydrogen-bond donors (Lipinski definition) is 2. The average Bonchev–Trinajstić information content (AvgIpc) is 3.54. The molecule has 46 heavy (non-hydrogen) atoms. The number of nitrogens with zero attached hydrogens (tertiary/aromatic N) is 2. The molecule has 1 aliphatic rings. The van der Waals surface area contributed by atoms with Crippen LogP contribution in [0.3, 0.4) is 0 Å². The highest BCUT2D eigenvalue weighted by Gasteiger charge is 2.27. The number of oxazole rings is 1. The third kappa shape index (κ3) is 8.84. The first kappa shape index (κ1) is 33.8. The largest absolute Gasteiger partial charge is 0.439 e. The summed E-state index contributed by atoms with van der Waals surface area (Å²) in [7, 11) is -4.05. The van der Waals surface area contributed by atoms with Crippen molar-refractivity contribution in [1.29, 1.82) is 0 Å². The highest BCUT2D eigenvalue weighted by Crippen LogP contribution is 2.41. The van der Waals surface area contributed by atoms with E-state index in [1.54, 1.807) is 6.07 Å². The summed E-state index contributed by atoms with van der Waals surface area (Å²) in [5.74, 6) is 1.57. The number of hydrogen-bond acceptors (Lipinski definition) is 7. The molecule has 0 spiro atoms. The Labute approximate surface area is 276 Å². The van der Waals surface area contributed by atoms with Gasteiger partial charge in [-0.1, -0.05) is 54.9 Å². The number of allylic oxidation sites excluding steroid dienone is 2. The second kappa shape index (κ2) is 15.4. The van der Waals surface area contributed by atoms with Crippen LogP contribution in [0.4, 0.5) is 5.69 Å². The molecule has 0 saturated heterocycles. The Hall–Kier alpha value is -3.52. The van der Waals surface area contributed by atoms with Crippen LogP contribution in [0.1, 0.15) is 44.9 Å². The van der Waals surface area contributed by atoms with E-state index in [4.69, 9.17) is 29.5 Å². The van der Waals surface area contributed by atoms with Gasteiger partial charge in [0.1, 0.15) is 0 Å². The summed E-state index contributed by atoms with van der Waals surface area (Å²) in [4.78, 5) is 2.02. The Morgan fingerprint density at radius 3 is 2.59 bits per heavy atom. The van der Waals surface area contributed by atoms with E-state index in [2.05, 4.69) is 6.07 Å². The molecule has 2 N–H and O–H groups in total. The lowest BCUT2D eigenvalue weighted by molar-refractivity contribution is -0.678. The molecule has 1 aromatic heterocycles. The first-order valence-corrected chi connectivity index (χ1v) is 18.0. The highest BCUT2D eigenvalue weighted by molar-refractivity contribution is 7.85. The Morgan fingerprint density at radius 1 is 1.04 bits per heavy atom. The number of anilines is 1. The molecule has 5 rings (SSSR count). The summed E-state index contributed by atoms with van der Waals surface area (Å²) >= 11 is 4.03. The monoisotopic (exact) mass is 687 g/mol. The fourth-order valence-electron chi connectivity index (χ4n) is 5.28. The molecule has 0 radical (unpaired) electrons. The van der Waals surface area contributed by atoms with E-state index in [-0.39, 0.29) is 12.4 Å². The van der Waals surface area contributed by atoms with E-state index < -0.39 is 21.5 Å². The van der Waals surface area contributed by atoms with Crippen LogP contribution in [0.15, 0.2) is 88.7 Å². The Balaban J connectivity index is 1.48. The second-order valence-electron chi connectivity index (χ2n) is 10.8. The van der Waals surface area contributed by atoms with Gasteiger partial charge in [0.2, 0.25) is 11.5 Å². The van der Waals surface area contributed by atoms with Crippen molar-refractivity contribution < 1.29 is 39.6 Å². The van der Waals surface area contributed by atoms with E-state index in [0.29, 0.717) is 73.3 Å². The molecule has 4 aromatic rings. The lowest BCUT2D eigenvalue weighted by Gasteiger charge is -2.18. The molecule has 244 valence electrons. The minimum absolute atomic E-state index is 0.154. The highest BCUT2D eigenvalue weighted by atomic mass is 35.5. The molecule has 1 aliphatic heterocycles. The van der Waals surface area contributed by atoms with Gasteiger partial charge in [-0.2, -0.15) is 17.2 Å². The number of halogens is 1. The lowest BCUT2D eigenvalue weighted by atomic mass is 10.1. The van der Waals surface area contributed by atoms with Crippen molar-refractivity contribution in [1.82, 2.24) is 0 Å². The van der Waals surface area contributed by atoms with Gasteiger partial charge in [0.15, 0.2) is 12.3 Å². The number of unbranched alkanes of at least 4 members (excludes halogenated alkanes) is 2. The SMILES string of the molecule is CCC(=Cc1oc2ccc(-c3ccccc3)cc2[n+]1CCCCS(=O)(=O)O)C=C1Oc2ccc(Cl)cc2N1CCCCOS(=O)O. The summed E-state index contributed by atoms with van der Waals surface area (Å²) < 4.78 is 71.0. The van der Waals surface area contributed by atoms with E-state index in [1.807, 2.05) is 83.1 Å². The van der Waals surface area contributed by atoms with Crippen LogP contribution in [0.25, 0.3) is 28.3 Å². The van der Waals surface area contributed by atoms with Crippen LogP contribution in [0.5, 0.6) is 5.75 Å². The molecule has 10 nitrogen and oxygen atoms in total. The molecular formula is C33H36ClN2O8S2+. The number of aryl methyl sites for hydroxylation is 1. The van der Waals surface area contributed by atoms with Gasteiger partial charge in [-0.25, -0.2) is 0 Å². The zero-order chi connectivity index (χ0) is 32.7. The maximum absolute atomic E-state index is 11.3. The standard InChI is InChI=1S/C33H35ClN2O8S2/c1-2-24(21-33-36(16-6-8-18-42-45(37)38)29-23-27(34)13-15-31(29)44-33)20-32-35(17-7-9-19-46(39,40)41)28-22-26(12-14-30(28)43-32)25-10-4-3-5-11-25/h3-5,10-15,20-23H,2,6-9,16-19H2,1H3,(H-,37,38,39,40,41)/p+1. The zero-order valence-corrected chi connectivity index (χ0v) is 27.7. The van der Waals surface area contributed by atoms with E-state index in [9.17, 15) is 17.2 Å². The summed E-state index contributed by atoms with van der Waals surface area (Å²) in [6, 6.07) is 21.5. The van der Waals surface area contributed by atoms with Gasteiger partial charge in [0.25, 0.3) is 15.6 Å². The third-order valence-corrected chi connectivity index (χ3v) is 8.96. The maximum atomic E-state index is 11.3. The van der Waals surface area contributed by atoms with Gasteiger partial charge < -0.3 is 14.1 Å². The van der Waals surface area contributed by atoms with Crippen LogP contribution in [-0.2, 0) is 32.2 Å². The van der Waals surface area contributed by atoms with Gasteiger partial charge in [-0.3, -0.25) is 13.3 Å². The molecule has 13 heteroatoms. The molecule has 1 unspecified atom stereocenters. The van der Waals surface area contributed by atoms with Crippen molar-refractivity contribution in [3.05, 3.63) is 95.2 Å². The minimum atomic E-state index is -4.05. The first-order chi connectivity index (χ1) is 22.1. The fraction of sp³-hybridized carbons (Fsp3) is 0.303. The van der Waals surface area contributed by atoms with Crippen LogP contribution < -0.4 is 14.2 Å². The van der Waals surface area contributed by atoms with Gasteiger partial charge in [0.05, 0.1) is 24.1 Å². The molecule has 0 saturated carbocycles. The van der Waals surface area contributed by atoms with Crippen molar-refractivity contribution in [2.45, 2.75) is 45.6 Å². The first-order valence-electron chi connectivity index (χ1n) is 15.0. The fourth-order valence-corrected chi connectivity index (χ4v) is 6.28. The smallest absolute Gasteiger partial charge is 0.374 e. The predicted octanol–water partition coefficient (Wildman–Crippen LogP) is 7.18. The Kier molecular flexibility index (Phi) is 11.3. The minimum Gasteiger partial charge on any atom is -0.439 e. The second-order valence-corrected chi connectivity index (χ2v) is 13.5. The number of benzene rings is 3. The molecule has 0 fully saturated rings. The molecule has 0 aliphatic carbocycles. The van der Waals surface area contributed by atoms with E-state index in [1.165, 1.54) is 0 Å². The summed E-state index contributed by atoms with van der Waals surface area (Å²) in [5.41, 5.74) is 5.40. The third-order valence-electron chi connectivity index (χ3n) is 7.55. The maximum Gasteiger partial charge on any atom is 0.374 e. The quantitative estimate of drug-likeness (QED) is 0.0578. The van der Waals surface area contributed by atoms with Crippen LogP contribution >= 0.6 is 11.6 Å². The van der Waals surface area contributed by atoms with E-state index in [0.717, 1.165) is 27.9 Å². The summed E-state index contributed by atoms with van der Waals surface area (Å²) in [6.07, 6.45) is 6.63. The molecule has 0 bridgehead atoms. The van der Waals surface area contributed by atoms with Crippen LogP contribution in [0, 0.1) is 0 Å². The number of aromatic nitrogens is 1. The number of rotatable bonds is 15. The van der Waals surface area contributed by atoms with Crippen LogP contribution in [0.2, 0.25) is 5.02 Å². The van der Waals surface area contributed by atoms with Crippen molar-refractivity contribution in [3.8, 4) is 16.9 Å². The Morgan fingerprint density at radius 2 is 1.85 bits per heavy atom. The van der Waals surface area contributed by atoms with Crippen molar-refractivity contribution in [3.63, 3.8) is 0 Å².